The van der Waals surface area contributed by atoms with Crippen LogP contribution in [0.3, 0.4) is 0 Å². The predicted octanol–water partition coefficient (Wildman–Crippen LogP) is 1.70. The molecule has 2 rings (SSSR count). The Morgan fingerprint density at radius 1 is 1.26 bits per heavy atom. The average molecular weight is 374 g/mol. The first-order valence-corrected chi connectivity index (χ1v) is 9.06. The second-order valence-electron chi connectivity index (χ2n) is 6.08. The molecule has 0 saturated carbocycles. The fourth-order valence-electron chi connectivity index (χ4n) is 2.82. The van der Waals surface area contributed by atoms with E-state index in [4.69, 9.17) is 4.74 Å². The van der Waals surface area contributed by atoms with Crippen molar-refractivity contribution < 1.29 is 19.1 Å². The van der Waals surface area contributed by atoms with Gasteiger partial charge in [-0.15, -0.1) is 0 Å². The third kappa shape index (κ3) is 5.13. The van der Waals surface area contributed by atoms with Crippen molar-refractivity contribution in [2.24, 2.45) is 10.9 Å². The van der Waals surface area contributed by atoms with Gasteiger partial charge in [0.25, 0.3) is 5.91 Å². The Morgan fingerprint density at radius 2 is 2.00 bits per heavy atom. The highest BCUT2D eigenvalue weighted by Crippen LogP contribution is 2.24. The highest BCUT2D eigenvalue weighted by atomic mass is 16.5. The fraction of sp³-hybridized carbons (Fsp3) is 0.474. The number of nitrogens with one attached hydrogen (secondary N) is 1. The summed E-state index contributed by atoms with van der Waals surface area (Å²) in [6.45, 7) is 7.57. The summed E-state index contributed by atoms with van der Waals surface area (Å²) in [6.07, 6.45) is 2.17. The molecule has 1 aliphatic heterocycles. The van der Waals surface area contributed by atoms with Crippen molar-refractivity contribution in [3.05, 3.63) is 24.3 Å². The Labute approximate surface area is 159 Å². The Hall–Kier alpha value is -2.74. The number of barbiturate groups is 1. The van der Waals surface area contributed by atoms with Gasteiger partial charge in [-0.25, -0.2) is 9.69 Å². The Morgan fingerprint density at radius 3 is 2.67 bits per heavy atom. The van der Waals surface area contributed by atoms with Crippen LogP contribution < -0.4 is 15.0 Å². The summed E-state index contributed by atoms with van der Waals surface area (Å²) in [6, 6.07) is 5.76. The van der Waals surface area contributed by atoms with E-state index in [9.17, 15) is 14.4 Å². The number of aliphatic imine (C=N–C) groups is 1. The molecule has 27 heavy (non-hydrogen) atoms. The molecule has 0 aromatic heterocycles. The molecule has 0 bridgehead atoms. The quantitative estimate of drug-likeness (QED) is 0.404. The summed E-state index contributed by atoms with van der Waals surface area (Å²) in [4.78, 5) is 44.4. The van der Waals surface area contributed by atoms with E-state index in [1.807, 2.05) is 0 Å². The fourth-order valence-corrected chi connectivity index (χ4v) is 2.82. The predicted molar refractivity (Wildman–Crippen MR) is 103 cm³/mol. The van der Waals surface area contributed by atoms with Gasteiger partial charge in [0, 0.05) is 18.8 Å². The zero-order chi connectivity index (χ0) is 19.8. The van der Waals surface area contributed by atoms with Crippen molar-refractivity contribution in [2.75, 3.05) is 38.2 Å². The van der Waals surface area contributed by atoms with Crippen molar-refractivity contribution in [1.82, 2.24) is 10.2 Å². The van der Waals surface area contributed by atoms with E-state index in [0.29, 0.717) is 18.0 Å². The van der Waals surface area contributed by atoms with E-state index in [1.54, 1.807) is 24.3 Å². The number of benzene rings is 1. The molecule has 1 aliphatic rings. The molecular weight excluding hydrogens is 348 g/mol. The van der Waals surface area contributed by atoms with E-state index in [1.165, 1.54) is 13.3 Å². The van der Waals surface area contributed by atoms with Gasteiger partial charge in [0.15, 0.2) is 5.92 Å². The smallest absolute Gasteiger partial charge is 0.335 e. The molecule has 1 aromatic rings. The van der Waals surface area contributed by atoms with Gasteiger partial charge in [-0.1, -0.05) is 19.9 Å². The van der Waals surface area contributed by atoms with Crippen LogP contribution in [0.4, 0.5) is 10.5 Å². The van der Waals surface area contributed by atoms with E-state index >= 15 is 0 Å². The van der Waals surface area contributed by atoms with Gasteiger partial charge >= 0.3 is 6.03 Å². The van der Waals surface area contributed by atoms with Gasteiger partial charge in [-0.2, -0.15) is 0 Å². The molecule has 0 aliphatic carbocycles. The molecule has 1 fully saturated rings. The van der Waals surface area contributed by atoms with Crippen molar-refractivity contribution in [3.8, 4) is 5.75 Å². The summed E-state index contributed by atoms with van der Waals surface area (Å²) < 4.78 is 5.13. The molecule has 1 N–H and O–H groups in total. The molecule has 1 unspecified atom stereocenters. The van der Waals surface area contributed by atoms with Crippen LogP contribution in [0.15, 0.2) is 29.3 Å². The normalized spacial score (nSPS) is 17.7. The lowest BCUT2D eigenvalue weighted by Crippen LogP contribution is -2.58. The van der Waals surface area contributed by atoms with Crippen molar-refractivity contribution in [1.29, 1.82) is 0 Å². The summed E-state index contributed by atoms with van der Waals surface area (Å²) >= 11 is 0. The molecule has 8 nitrogen and oxygen atoms in total. The number of hydrogen-bond acceptors (Lipinski definition) is 6. The lowest BCUT2D eigenvalue weighted by Gasteiger charge is -2.28. The van der Waals surface area contributed by atoms with Gasteiger partial charge in [-0.3, -0.25) is 19.9 Å². The minimum atomic E-state index is -1.12. The van der Waals surface area contributed by atoms with E-state index < -0.39 is 23.8 Å². The number of hydrogen-bond donors (Lipinski definition) is 1. The molecule has 146 valence electrons. The molecule has 1 atom stereocenters. The first kappa shape index (κ1) is 20.6. The molecular formula is C19H26N4O4. The van der Waals surface area contributed by atoms with Gasteiger partial charge in [0.05, 0.1) is 12.8 Å². The number of carbonyl (C=O) groups is 3. The van der Waals surface area contributed by atoms with Crippen molar-refractivity contribution in [2.45, 2.75) is 20.3 Å². The number of rotatable bonds is 9. The molecule has 0 radical (unpaired) electrons. The van der Waals surface area contributed by atoms with Crippen LogP contribution in [0.25, 0.3) is 0 Å². The van der Waals surface area contributed by atoms with E-state index in [0.717, 1.165) is 31.0 Å². The summed E-state index contributed by atoms with van der Waals surface area (Å²) in [7, 11) is 1.49. The van der Waals surface area contributed by atoms with Crippen LogP contribution in [0.2, 0.25) is 0 Å². The topological polar surface area (TPSA) is 91.3 Å². The first-order chi connectivity index (χ1) is 13.0. The number of nitrogens with zero attached hydrogens (tertiary/aromatic N) is 3. The molecule has 1 saturated heterocycles. The highest BCUT2D eigenvalue weighted by Gasteiger charge is 2.40. The second kappa shape index (κ2) is 9.82. The van der Waals surface area contributed by atoms with Crippen LogP contribution in [0, 0.1) is 5.92 Å². The van der Waals surface area contributed by atoms with Crippen LogP contribution in [0.5, 0.6) is 5.75 Å². The maximum Gasteiger partial charge on any atom is 0.335 e. The molecule has 1 heterocycles. The number of amides is 4. The van der Waals surface area contributed by atoms with Crippen molar-refractivity contribution >= 4 is 29.7 Å². The van der Waals surface area contributed by atoms with Crippen LogP contribution in [-0.4, -0.2) is 62.2 Å². The number of urea groups is 1. The SMILES string of the molecule is CCN(CC)CCCN=CC1C(=O)NC(=O)N(c2cccc(OC)c2)C1=O. The molecule has 4 amide bonds. The van der Waals surface area contributed by atoms with Crippen LogP contribution in [-0.2, 0) is 9.59 Å². The number of ether oxygens (including phenoxy) is 1. The zero-order valence-corrected chi connectivity index (χ0v) is 16.0. The minimum Gasteiger partial charge on any atom is -0.497 e. The molecule has 1 aromatic carbocycles. The number of imide groups is 2. The number of anilines is 1. The van der Waals surface area contributed by atoms with Gasteiger partial charge in [0.1, 0.15) is 5.75 Å². The maximum atomic E-state index is 12.7. The lowest BCUT2D eigenvalue weighted by molar-refractivity contribution is -0.131. The minimum absolute atomic E-state index is 0.337. The largest absolute Gasteiger partial charge is 0.497 e. The lowest BCUT2D eigenvalue weighted by atomic mass is 10.1. The first-order valence-electron chi connectivity index (χ1n) is 9.06. The summed E-state index contributed by atoms with van der Waals surface area (Å²) in [5.74, 6) is -1.89. The van der Waals surface area contributed by atoms with Gasteiger partial charge < -0.3 is 9.64 Å². The Bertz CT molecular complexity index is 715. The zero-order valence-electron chi connectivity index (χ0n) is 16.0. The second-order valence-corrected chi connectivity index (χ2v) is 6.08. The number of carbonyl (C=O) groups excluding carboxylic acids is 3. The maximum absolute atomic E-state index is 12.7. The average Bonchev–Trinajstić information content (AvgIpc) is 2.66. The van der Waals surface area contributed by atoms with E-state index in [-0.39, 0.29) is 0 Å². The molecule has 8 heteroatoms. The molecule has 0 spiro atoms. The highest BCUT2D eigenvalue weighted by molar-refractivity contribution is 6.32. The third-order valence-electron chi connectivity index (χ3n) is 4.42. The number of methoxy groups -OCH3 is 1. The Kier molecular flexibility index (Phi) is 7.48. The summed E-state index contributed by atoms with van der Waals surface area (Å²) in [5, 5.41) is 2.21. The van der Waals surface area contributed by atoms with Crippen LogP contribution in [0.1, 0.15) is 20.3 Å². The Balaban J connectivity index is 2.06. The summed E-state index contributed by atoms with van der Waals surface area (Å²) in [5.41, 5.74) is 0.337. The van der Waals surface area contributed by atoms with Gasteiger partial charge in [0.2, 0.25) is 5.91 Å². The standard InChI is InChI=1S/C19H26N4O4/c1-4-22(5-2)11-7-10-20-13-16-17(24)21-19(26)23(18(16)25)14-8-6-9-15(12-14)27-3/h6,8-9,12-13,16H,4-5,7,10-11H2,1-3H3,(H,21,24,26). The van der Waals surface area contributed by atoms with E-state index in [2.05, 4.69) is 29.1 Å². The monoisotopic (exact) mass is 374 g/mol. The van der Waals surface area contributed by atoms with Crippen molar-refractivity contribution in [3.63, 3.8) is 0 Å². The third-order valence-corrected chi connectivity index (χ3v) is 4.42. The van der Waals surface area contributed by atoms with Gasteiger partial charge in [-0.05, 0) is 38.2 Å². The van der Waals surface area contributed by atoms with Crippen LogP contribution >= 0.6 is 0 Å².